The number of pyridine rings is 2. The van der Waals surface area contributed by atoms with Crippen LogP contribution < -0.4 is 15.9 Å². The maximum absolute atomic E-state index is 13.3. The third kappa shape index (κ3) is 2.31. The third-order valence-electron chi connectivity index (χ3n) is 6.23. The van der Waals surface area contributed by atoms with Crippen molar-refractivity contribution < 1.29 is 4.74 Å². The lowest BCUT2D eigenvalue weighted by Gasteiger charge is -2.19. The van der Waals surface area contributed by atoms with Gasteiger partial charge < -0.3 is 9.30 Å². The molecule has 5 heteroatoms. The zero-order chi connectivity index (χ0) is 21.3. The molecule has 2 heterocycles. The predicted octanol–water partition coefficient (Wildman–Crippen LogP) is 4.60. The average Bonchev–Trinajstić information content (AvgIpc) is 2.80. The number of aryl methyl sites for hydroxylation is 1. The Morgan fingerprint density at radius 2 is 1.26 bits per heavy atom. The van der Waals surface area contributed by atoms with Crippen molar-refractivity contribution in [3.8, 4) is 11.4 Å². The Morgan fingerprint density at radius 1 is 0.677 bits per heavy atom. The van der Waals surface area contributed by atoms with E-state index >= 15 is 0 Å². The van der Waals surface area contributed by atoms with E-state index in [9.17, 15) is 9.59 Å². The largest absolute Gasteiger partial charge is 0.497 e. The van der Waals surface area contributed by atoms with Crippen molar-refractivity contribution >= 4 is 43.4 Å². The van der Waals surface area contributed by atoms with Crippen LogP contribution in [0.3, 0.4) is 0 Å². The molecular weight excluding hydrogens is 388 g/mol. The van der Waals surface area contributed by atoms with E-state index < -0.39 is 0 Å². The lowest BCUT2D eigenvalue weighted by molar-refractivity contribution is 0.415. The highest BCUT2D eigenvalue weighted by molar-refractivity contribution is 6.32. The monoisotopic (exact) mass is 406 g/mol. The number of ether oxygens (including phenoxy) is 1. The van der Waals surface area contributed by atoms with Crippen molar-refractivity contribution in [3.05, 3.63) is 93.5 Å². The molecule has 150 valence electrons. The predicted molar refractivity (Wildman–Crippen MR) is 125 cm³/mol. The number of benzene rings is 4. The molecule has 31 heavy (non-hydrogen) atoms. The highest BCUT2D eigenvalue weighted by atomic mass is 16.5. The van der Waals surface area contributed by atoms with Crippen molar-refractivity contribution in [1.29, 1.82) is 0 Å². The highest BCUT2D eigenvalue weighted by Crippen LogP contribution is 2.39. The van der Waals surface area contributed by atoms with Crippen LogP contribution in [0, 0.1) is 0 Å². The van der Waals surface area contributed by atoms with Crippen LogP contribution in [0.2, 0.25) is 0 Å². The van der Waals surface area contributed by atoms with Gasteiger partial charge in [0.1, 0.15) is 5.75 Å². The maximum atomic E-state index is 13.3. The first-order valence-corrected chi connectivity index (χ1v) is 10.0. The van der Waals surface area contributed by atoms with Crippen LogP contribution in [-0.4, -0.2) is 16.2 Å². The van der Waals surface area contributed by atoms with Crippen LogP contribution in [-0.2, 0) is 7.05 Å². The zero-order valence-electron chi connectivity index (χ0n) is 17.0. The molecule has 5 nitrogen and oxygen atoms in total. The van der Waals surface area contributed by atoms with E-state index in [1.807, 2.05) is 60.7 Å². The summed E-state index contributed by atoms with van der Waals surface area (Å²) in [5.74, 6) is 0.732. The molecule has 0 aliphatic heterocycles. The average molecular weight is 406 g/mol. The normalized spacial score (nSPS) is 11.8. The van der Waals surface area contributed by atoms with E-state index in [1.165, 1.54) is 0 Å². The molecular formula is C26H18N2O3. The van der Waals surface area contributed by atoms with Gasteiger partial charge in [-0.15, -0.1) is 0 Å². The summed E-state index contributed by atoms with van der Waals surface area (Å²) < 4.78 is 8.66. The molecule has 0 amide bonds. The molecule has 0 saturated carbocycles. The number of aromatic nitrogens is 2. The van der Waals surface area contributed by atoms with Crippen LogP contribution in [0.4, 0.5) is 0 Å². The summed E-state index contributed by atoms with van der Waals surface area (Å²) in [6, 6.07) is 22.7. The Balaban J connectivity index is 1.90. The summed E-state index contributed by atoms with van der Waals surface area (Å²) in [6.07, 6.45) is 0. The molecule has 2 aromatic heterocycles. The van der Waals surface area contributed by atoms with Crippen LogP contribution in [0.1, 0.15) is 0 Å². The van der Waals surface area contributed by atoms with Crippen molar-refractivity contribution in [2.24, 2.45) is 7.05 Å². The quantitative estimate of drug-likeness (QED) is 0.312. The number of methoxy groups -OCH3 is 1. The first-order valence-electron chi connectivity index (χ1n) is 10.0. The first kappa shape index (κ1) is 17.7. The lowest BCUT2D eigenvalue weighted by atomic mass is 9.92. The summed E-state index contributed by atoms with van der Waals surface area (Å²) in [6.45, 7) is 0. The van der Waals surface area contributed by atoms with Crippen LogP contribution in [0.25, 0.3) is 49.0 Å². The van der Waals surface area contributed by atoms with Gasteiger partial charge in [-0.05, 0) is 57.9 Å². The smallest absolute Gasteiger partial charge is 0.256 e. The van der Waals surface area contributed by atoms with E-state index in [-0.39, 0.29) is 11.1 Å². The summed E-state index contributed by atoms with van der Waals surface area (Å²) in [7, 11) is 3.40. The van der Waals surface area contributed by atoms with Gasteiger partial charge in [0.2, 0.25) is 0 Å². The minimum atomic E-state index is -0.102. The zero-order valence-corrected chi connectivity index (χ0v) is 17.0. The molecule has 0 atom stereocenters. The van der Waals surface area contributed by atoms with Crippen LogP contribution >= 0.6 is 0 Å². The SMILES string of the molecule is COc1ccc(-n2c(=O)cc3c4ccccc4c4cc(=O)n(C)c5ccc2c3c45)cc1. The van der Waals surface area contributed by atoms with Gasteiger partial charge in [0.05, 0.1) is 18.1 Å². The van der Waals surface area contributed by atoms with Crippen molar-refractivity contribution in [1.82, 2.24) is 9.13 Å². The van der Waals surface area contributed by atoms with Crippen molar-refractivity contribution in [2.45, 2.75) is 0 Å². The van der Waals surface area contributed by atoms with Gasteiger partial charge in [0.25, 0.3) is 11.1 Å². The van der Waals surface area contributed by atoms with E-state index in [1.54, 1.807) is 35.4 Å². The Bertz CT molecular complexity index is 1760. The van der Waals surface area contributed by atoms with Gasteiger partial charge in [-0.3, -0.25) is 14.2 Å². The molecule has 0 aliphatic rings. The molecule has 0 radical (unpaired) electrons. The van der Waals surface area contributed by atoms with Gasteiger partial charge in [-0.25, -0.2) is 0 Å². The Morgan fingerprint density at radius 3 is 1.90 bits per heavy atom. The number of hydrogen-bond acceptors (Lipinski definition) is 3. The fourth-order valence-corrected chi connectivity index (χ4v) is 4.76. The molecule has 6 aromatic rings. The summed E-state index contributed by atoms with van der Waals surface area (Å²) in [5.41, 5.74) is 2.28. The van der Waals surface area contributed by atoms with Crippen LogP contribution in [0.15, 0.2) is 82.4 Å². The summed E-state index contributed by atoms with van der Waals surface area (Å²) in [5, 5.41) is 5.74. The van der Waals surface area contributed by atoms with Gasteiger partial charge in [0.15, 0.2) is 0 Å². The van der Waals surface area contributed by atoms with Crippen molar-refractivity contribution in [3.63, 3.8) is 0 Å². The van der Waals surface area contributed by atoms with Gasteiger partial charge >= 0.3 is 0 Å². The van der Waals surface area contributed by atoms with Crippen molar-refractivity contribution in [2.75, 3.05) is 7.11 Å². The van der Waals surface area contributed by atoms with E-state index in [2.05, 4.69) is 0 Å². The highest BCUT2D eigenvalue weighted by Gasteiger charge is 2.19. The first-order chi connectivity index (χ1) is 15.1. The molecule has 0 saturated heterocycles. The standard InChI is InChI=1S/C26H18N2O3/c1-27-21-11-12-22-26-20(14-24(30)28(22)15-7-9-16(31-2)10-8-15)18-6-4-3-5-17(18)19(25(21)26)13-23(27)29/h3-14H,1-2H3. The number of fused-ring (bicyclic) bond motifs is 3. The molecule has 0 aliphatic carbocycles. The Hall–Kier alpha value is -4.12. The molecule has 0 fully saturated rings. The molecule has 0 spiro atoms. The second-order valence-electron chi connectivity index (χ2n) is 7.78. The number of rotatable bonds is 2. The fraction of sp³-hybridized carbons (Fsp3) is 0.0769. The molecule has 0 unspecified atom stereocenters. The third-order valence-corrected chi connectivity index (χ3v) is 6.23. The topological polar surface area (TPSA) is 53.2 Å². The van der Waals surface area contributed by atoms with Gasteiger partial charge in [-0.2, -0.15) is 0 Å². The lowest BCUT2D eigenvalue weighted by Crippen LogP contribution is -2.19. The second-order valence-corrected chi connectivity index (χ2v) is 7.78. The summed E-state index contributed by atoms with van der Waals surface area (Å²) in [4.78, 5) is 26.0. The molecule has 0 bridgehead atoms. The van der Waals surface area contributed by atoms with E-state index in [4.69, 9.17) is 4.74 Å². The van der Waals surface area contributed by atoms with E-state index in [0.29, 0.717) is 0 Å². The minimum Gasteiger partial charge on any atom is -0.497 e. The molecule has 6 rings (SSSR count). The Kier molecular flexibility index (Phi) is 3.54. The van der Waals surface area contributed by atoms with Crippen LogP contribution in [0.5, 0.6) is 5.75 Å². The van der Waals surface area contributed by atoms with Gasteiger partial charge in [-0.1, -0.05) is 24.3 Å². The number of hydrogen-bond donors (Lipinski definition) is 0. The van der Waals surface area contributed by atoms with E-state index in [0.717, 1.165) is 54.8 Å². The second kappa shape index (κ2) is 6.19. The van der Waals surface area contributed by atoms with Gasteiger partial charge in [0, 0.05) is 35.6 Å². The summed E-state index contributed by atoms with van der Waals surface area (Å²) >= 11 is 0. The maximum Gasteiger partial charge on any atom is 0.256 e. The minimum absolute atomic E-state index is 0.0522. The molecule has 0 N–H and O–H groups in total. The number of nitrogens with zero attached hydrogens (tertiary/aromatic N) is 2. The fourth-order valence-electron chi connectivity index (χ4n) is 4.76. The molecule has 4 aromatic carbocycles. The Labute approximate surface area is 176 Å².